The largest absolute Gasteiger partial charge is 0.507 e. The number of rotatable bonds is 3. The van der Waals surface area contributed by atoms with E-state index in [-0.39, 0.29) is 10.6 Å². The predicted octanol–water partition coefficient (Wildman–Crippen LogP) is 3.99. The number of hydrogen-bond donors (Lipinski definition) is 2. The minimum atomic E-state index is -0.384. The molecule has 22 heavy (non-hydrogen) atoms. The van der Waals surface area contributed by atoms with Crippen molar-refractivity contribution in [1.82, 2.24) is 4.98 Å². The number of phenolic OH excluding ortho intramolecular Hbond substituents is 1. The van der Waals surface area contributed by atoms with Gasteiger partial charge in [-0.2, -0.15) is 0 Å². The molecule has 0 radical (unpaired) electrons. The SMILES string of the molecule is Cc1cc(Cc2c[nH]c3ccc([N+](=O)[O-])cc23)cc(C)c1O. The Morgan fingerprint density at radius 2 is 1.86 bits per heavy atom. The van der Waals surface area contributed by atoms with E-state index in [1.165, 1.54) is 6.07 Å². The van der Waals surface area contributed by atoms with Crippen LogP contribution in [0.25, 0.3) is 10.9 Å². The average Bonchev–Trinajstić information content (AvgIpc) is 2.87. The van der Waals surface area contributed by atoms with Gasteiger partial charge in [-0.1, -0.05) is 12.1 Å². The van der Waals surface area contributed by atoms with Gasteiger partial charge in [0.1, 0.15) is 5.75 Å². The lowest BCUT2D eigenvalue weighted by Gasteiger charge is -2.07. The molecule has 0 aliphatic rings. The summed E-state index contributed by atoms with van der Waals surface area (Å²) in [6.45, 7) is 3.73. The monoisotopic (exact) mass is 296 g/mol. The van der Waals surface area contributed by atoms with Gasteiger partial charge in [0.25, 0.3) is 5.69 Å². The zero-order chi connectivity index (χ0) is 15.9. The van der Waals surface area contributed by atoms with Crippen molar-refractivity contribution in [2.24, 2.45) is 0 Å². The van der Waals surface area contributed by atoms with Crippen LogP contribution < -0.4 is 0 Å². The highest BCUT2D eigenvalue weighted by molar-refractivity contribution is 5.85. The van der Waals surface area contributed by atoms with Gasteiger partial charge in [0.15, 0.2) is 0 Å². The number of aromatic nitrogens is 1. The summed E-state index contributed by atoms with van der Waals surface area (Å²) in [6, 6.07) is 8.71. The molecule has 5 heteroatoms. The second kappa shape index (κ2) is 5.18. The van der Waals surface area contributed by atoms with Crippen LogP contribution in [-0.2, 0) is 6.42 Å². The van der Waals surface area contributed by atoms with Crippen molar-refractivity contribution in [1.29, 1.82) is 0 Å². The summed E-state index contributed by atoms with van der Waals surface area (Å²) in [7, 11) is 0. The molecule has 0 amide bonds. The van der Waals surface area contributed by atoms with Crippen LogP contribution in [0.4, 0.5) is 5.69 Å². The molecule has 0 unspecified atom stereocenters. The molecule has 3 aromatic rings. The first-order valence-electron chi connectivity index (χ1n) is 6.99. The van der Waals surface area contributed by atoms with Gasteiger partial charge in [-0.05, 0) is 48.6 Å². The molecule has 112 valence electrons. The number of aromatic amines is 1. The minimum Gasteiger partial charge on any atom is -0.507 e. The van der Waals surface area contributed by atoms with Gasteiger partial charge < -0.3 is 10.1 Å². The predicted molar refractivity (Wildman–Crippen MR) is 85.3 cm³/mol. The molecule has 0 fully saturated rings. The van der Waals surface area contributed by atoms with Crippen molar-refractivity contribution >= 4 is 16.6 Å². The molecule has 1 heterocycles. The van der Waals surface area contributed by atoms with Crippen LogP contribution in [0.5, 0.6) is 5.75 Å². The molecule has 1 aromatic heterocycles. The highest BCUT2D eigenvalue weighted by Gasteiger charge is 2.12. The number of nitro benzene ring substituents is 1. The normalized spacial score (nSPS) is 11.0. The second-order valence-corrected chi connectivity index (χ2v) is 5.56. The van der Waals surface area contributed by atoms with E-state index in [4.69, 9.17) is 0 Å². The summed E-state index contributed by atoms with van der Waals surface area (Å²) >= 11 is 0. The quantitative estimate of drug-likeness (QED) is 0.566. The van der Waals surface area contributed by atoms with E-state index in [0.717, 1.165) is 33.2 Å². The number of phenols is 1. The number of nitro groups is 1. The van der Waals surface area contributed by atoms with Gasteiger partial charge >= 0.3 is 0 Å². The molecule has 0 bridgehead atoms. The van der Waals surface area contributed by atoms with Crippen molar-refractivity contribution < 1.29 is 10.0 Å². The molecule has 2 aromatic carbocycles. The smallest absolute Gasteiger partial charge is 0.270 e. The number of aromatic hydroxyl groups is 1. The summed E-state index contributed by atoms with van der Waals surface area (Å²) in [5, 5.41) is 21.6. The van der Waals surface area contributed by atoms with Crippen LogP contribution in [0.3, 0.4) is 0 Å². The number of hydrogen-bond acceptors (Lipinski definition) is 3. The molecule has 5 nitrogen and oxygen atoms in total. The lowest BCUT2D eigenvalue weighted by atomic mass is 9.99. The Hall–Kier alpha value is -2.82. The number of nitrogens with one attached hydrogen (secondary N) is 1. The maximum Gasteiger partial charge on any atom is 0.270 e. The van der Waals surface area contributed by atoms with E-state index in [2.05, 4.69) is 4.98 Å². The molecule has 0 atom stereocenters. The molecule has 0 saturated heterocycles. The second-order valence-electron chi connectivity index (χ2n) is 5.56. The summed E-state index contributed by atoms with van der Waals surface area (Å²) in [5.74, 6) is 0.318. The van der Waals surface area contributed by atoms with Crippen LogP contribution in [-0.4, -0.2) is 15.0 Å². The molecular formula is C17H16N2O3. The van der Waals surface area contributed by atoms with Crippen molar-refractivity contribution in [2.75, 3.05) is 0 Å². The van der Waals surface area contributed by atoms with E-state index >= 15 is 0 Å². The zero-order valence-corrected chi connectivity index (χ0v) is 12.4. The minimum absolute atomic E-state index is 0.0893. The van der Waals surface area contributed by atoms with E-state index < -0.39 is 0 Å². The van der Waals surface area contributed by atoms with Crippen LogP contribution in [0.15, 0.2) is 36.5 Å². The van der Waals surface area contributed by atoms with Crippen LogP contribution >= 0.6 is 0 Å². The van der Waals surface area contributed by atoms with Crippen LogP contribution in [0.1, 0.15) is 22.3 Å². The van der Waals surface area contributed by atoms with E-state index in [1.54, 1.807) is 12.1 Å². The molecule has 0 aliphatic carbocycles. The third-order valence-corrected chi connectivity index (χ3v) is 3.91. The lowest BCUT2D eigenvalue weighted by Crippen LogP contribution is -1.91. The number of aryl methyl sites for hydroxylation is 2. The van der Waals surface area contributed by atoms with E-state index in [0.29, 0.717) is 12.2 Å². The van der Waals surface area contributed by atoms with Crippen molar-refractivity contribution in [3.8, 4) is 5.75 Å². The van der Waals surface area contributed by atoms with Gasteiger partial charge in [0, 0.05) is 29.2 Å². The summed E-state index contributed by atoms with van der Waals surface area (Å²) in [5.41, 5.74) is 4.71. The van der Waals surface area contributed by atoms with Gasteiger partial charge in [-0.3, -0.25) is 10.1 Å². The van der Waals surface area contributed by atoms with E-state index in [1.807, 2.05) is 32.2 Å². The Bertz CT molecular complexity index is 858. The fourth-order valence-corrected chi connectivity index (χ4v) is 2.79. The number of fused-ring (bicyclic) bond motifs is 1. The lowest BCUT2D eigenvalue weighted by molar-refractivity contribution is -0.384. The fourth-order valence-electron chi connectivity index (χ4n) is 2.79. The first kappa shape index (κ1) is 14.1. The Morgan fingerprint density at radius 3 is 2.50 bits per heavy atom. The van der Waals surface area contributed by atoms with E-state index in [9.17, 15) is 15.2 Å². The number of H-pyrrole nitrogens is 1. The highest BCUT2D eigenvalue weighted by Crippen LogP contribution is 2.28. The van der Waals surface area contributed by atoms with Gasteiger partial charge in [0.2, 0.25) is 0 Å². The topological polar surface area (TPSA) is 79.2 Å². The molecular weight excluding hydrogens is 280 g/mol. The molecule has 0 aliphatic heterocycles. The maximum atomic E-state index is 10.9. The Balaban J connectivity index is 2.04. The third kappa shape index (κ3) is 2.41. The Kier molecular flexibility index (Phi) is 3.33. The maximum absolute atomic E-state index is 10.9. The summed E-state index contributed by atoms with van der Waals surface area (Å²) < 4.78 is 0. The van der Waals surface area contributed by atoms with Crippen molar-refractivity contribution in [3.63, 3.8) is 0 Å². The fraction of sp³-hybridized carbons (Fsp3) is 0.176. The van der Waals surface area contributed by atoms with Gasteiger partial charge in [-0.15, -0.1) is 0 Å². The van der Waals surface area contributed by atoms with Crippen molar-refractivity contribution in [3.05, 3.63) is 68.9 Å². The molecule has 3 rings (SSSR count). The molecule has 0 spiro atoms. The number of non-ortho nitro benzene ring substituents is 1. The summed E-state index contributed by atoms with van der Waals surface area (Å²) in [4.78, 5) is 13.7. The van der Waals surface area contributed by atoms with Gasteiger partial charge in [0.05, 0.1) is 4.92 Å². The Labute approximate surface area is 127 Å². The molecule has 2 N–H and O–H groups in total. The molecule has 0 saturated carbocycles. The first-order chi connectivity index (χ1) is 10.5. The van der Waals surface area contributed by atoms with Crippen LogP contribution in [0.2, 0.25) is 0 Å². The first-order valence-corrected chi connectivity index (χ1v) is 6.99. The van der Waals surface area contributed by atoms with Crippen molar-refractivity contribution in [2.45, 2.75) is 20.3 Å². The highest BCUT2D eigenvalue weighted by atomic mass is 16.6. The Morgan fingerprint density at radius 1 is 1.18 bits per heavy atom. The standard InChI is InChI=1S/C17H16N2O3/c1-10-5-12(6-11(2)17(10)20)7-13-9-18-16-4-3-14(19(21)22)8-15(13)16/h3-6,8-9,18,20H,7H2,1-2H3. The summed E-state index contributed by atoms with van der Waals surface area (Å²) in [6.07, 6.45) is 2.54. The number of benzene rings is 2. The average molecular weight is 296 g/mol. The third-order valence-electron chi connectivity index (χ3n) is 3.91. The zero-order valence-electron chi connectivity index (χ0n) is 12.4. The van der Waals surface area contributed by atoms with Gasteiger partial charge in [-0.25, -0.2) is 0 Å². The number of nitrogens with zero attached hydrogens (tertiary/aromatic N) is 1. The van der Waals surface area contributed by atoms with Crippen LogP contribution in [0, 0.1) is 24.0 Å².